The molecule has 4 rings (SSSR count). The van der Waals surface area contributed by atoms with Crippen LogP contribution in [0, 0.1) is 5.92 Å². The summed E-state index contributed by atoms with van der Waals surface area (Å²) in [6.07, 6.45) is 3.35. The fourth-order valence-electron chi connectivity index (χ4n) is 3.86. The molecule has 178 valence electrons. The first-order valence-electron chi connectivity index (χ1n) is 11.0. The molecule has 3 aromatic rings. The summed E-state index contributed by atoms with van der Waals surface area (Å²) < 4.78 is 29.4. The lowest BCUT2D eigenvalue weighted by atomic mass is 9.99. The topological polar surface area (TPSA) is 75.3 Å². The van der Waals surface area contributed by atoms with Gasteiger partial charge in [-0.3, -0.25) is 4.79 Å². The van der Waals surface area contributed by atoms with Crippen LogP contribution in [-0.2, 0) is 11.3 Å². The number of aromatic nitrogens is 1. The highest BCUT2D eigenvalue weighted by molar-refractivity contribution is 6.33. The minimum Gasteiger partial charge on any atom is -0.435 e. The van der Waals surface area contributed by atoms with Gasteiger partial charge in [-0.05, 0) is 60.8 Å². The van der Waals surface area contributed by atoms with Gasteiger partial charge in [-0.1, -0.05) is 35.9 Å². The van der Waals surface area contributed by atoms with Crippen LogP contribution in [0.1, 0.15) is 18.4 Å². The highest BCUT2D eigenvalue weighted by Crippen LogP contribution is 2.31. The highest BCUT2D eigenvalue weighted by atomic mass is 35.5. The largest absolute Gasteiger partial charge is 0.435 e. The van der Waals surface area contributed by atoms with Crippen LogP contribution in [0.15, 0.2) is 60.8 Å². The van der Waals surface area contributed by atoms with E-state index in [1.165, 1.54) is 12.3 Å². The Morgan fingerprint density at radius 1 is 1.21 bits per heavy atom. The lowest BCUT2D eigenvalue weighted by molar-refractivity contribution is -0.120. The Hall–Kier alpha value is -3.23. The number of hydrogen-bond acceptors (Lipinski definition) is 5. The number of carbonyl (C=O) groups excluding carboxylic acids is 1. The first kappa shape index (κ1) is 23.9. The minimum absolute atomic E-state index is 0.0542. The van der Waals surface area contributed by atoms with Crippen molar-refractivity contribution in [1.82, 2.24) is 10.3 Å². The van der Waals surface area contributed by atoms with Gasteiger partial charge >= 0.3 is 6.61 Å². The van der Waals surface area contributed by atoms with E-state index in [0.29, 0.717) is 23.9 Å². The summed E-state index contributed by atoms with van der Waals surface area (Å²) in [5.41, 5.74) is 3.21. The number of alkyl halides is 2. The van der Waals surface area contributed by atoms with E-state index in [0.717, 1.165) is 41.8 Å². The molecule has 1 fully saturated rings. The third-order valence-electron chi connectivity index (χ3n) is 5.57. The van der Waals surface area contributed by atoms with Crippen molar-refractivity contribution in [2.75, 3.05) is 23.7 Å². The molecule has 0 bridgehead atoms. The number of carbonyl (C=O) groups is 1. The first-order valence-corrected chi connectivity index (χ1v) is 11.4. The maximum atomic E-state index is 12.6. The third-order valence-corrected chi connectivity index (χ3v) is 5.87. The van der Waals surface area contributed by atoms with Gasteiger partial charge in [-0.25, -0.2) is 4.98 Å². The van der Waals surface area contributed by atoms with Gasteiger partial charge in [0.1, 0.15) is 11.6 Å². The predicted octanol–water partition coefficient (Wildman–Crippen LogP) is 5.55. The standard InChI is InChI=1S/C25H25ClF2N4O2/c26-22-15-31-23(32-24(33)18-6-3-9-29-14-18)12-21(22)17-5-2-7-19(11-17)30-13-16-4-1-8-20(10-16)34-25(27)28/h1-2,4-5,7-8,10-12,15,18,25,29-30H,3,6,9,13-14H2,(H,31,32,33)/t18-/m1/s1. The Kier molecular flexibility index (Phi) is 7.92. The van der Waals surface area contributed by atoms with E-state index in [-0.39, 0.29) is 17.6 Å². The molecule has 34 heavy (non-hydrogen) atoms. The van der Waals surface area contributed by atoms with E-state index < -0.39 is 6.61 Å². The quantitative estimate of drug-likeness (QED) is 0.389. The molecule has 1 amide bonds. The van der Waals surface area contributed by atoms with E-state index in [9.17, 15) is 13.6 Å². The van der Waals surface area contributed by atoms with E-state index in [1.807, 2.05) is 30.3 Å². The lowest BCUT2D eigenvalue weighted by Crippen LogP contribution is -2.37. The number of amides is 1. The van der Waals surface area contributed by atoms with Gasteiger partial charge in [0.2, 0.25) is 5.91 Å². The van der Waals surface area contributed by atoms with Crippen molar-refractivity contribution in [3.05, 3.63) is 71.4 Å². The number of halogens is 3. The SMILES string of the molecule is O=C(Nc1cc(-c2cccc(NCc3cccc(OC(F)F)c3)c2)c(Cl)cn1)[C@@H]1CCCNC1. The molecule has 1 saturated heterocycles. The number of ether oxygens (including phenoxy) is 1. The summed E-state index contributed by atoms with van der Waals surface area (Å²) in [5.74, 6) is 0.433. The molecule has 1 aliphatic rings. The van der Waals surface area contributed by atoms with Crippen molar-refractivity contribution < 1.29 is 18.3 Å². The predicted molar refractivity (Wildman–Crippen MR) is 129 cm³/mol. The van der Waals surface area contributed by atoms with Crippen molar-refractivity contribution in [2.24, 2.45) is 5.92 Å². The molecular formula is C25H25ClF2N4O2. The van der Waals surface area contributed by atoms with Crippen molar-refractivity contribution in [3.63, 3.8) is 0 Å². The molecule has 0 unspecified atom stereocenters. The molecule has 1 aromatic heterocycles. The average Bonchev–Trinajstić information content (AvgIpc) is 2.84. The monoisotopic (exact) mass is 486 g/mol. The summed E-state index contributed by atoms with van der Waals surface area (Å²) in [6.45, 7) is -0.840. The highest BCUT2D eigenvalue weighted by Gasteiger charge is 2.21. The molecule has 6 nitrogen and oxygen atoms in total. The van der Waals surface area contributed by atoms with Crippen LogP contribution in [0.4, 0.5) is 20.3 Å². The molecule has 2 heterocycles. The van der Waals surface area contributed by atoms with Gasteiger partial charge in [0.05, 0.1) is 10.9 Å². The second-order valence-electron chi connectivity index (χ2n) is 8.04. The maximum absolute atomic E-state index is 12.6. The fraction of sp³-hybridized carbons (Fsp3) is 0.280. The summed E-state index contributed by atoms with van der Waals surface area (Å²) in [4.78, 5) is 16.8. The number of nitrogens with one attached hydrogen (secondary N) is 3. The summed E-state index contributed by atoms with van der Waals surface area (Å²) in [7, 11) is 0. The number of anilines is 2. The fourth-order valence-corrected chi connectivity index (χ4v) is 4.08. The number of rotatable bonds is 8. The zero-order chi connectivity index (χ0) is 23.9. The first-order chi connectivity index (χ1) is 16.5. The van der Waals surface area contributed by atoms with Gasteiger partial charge in [0.15, 0.2) is 0 Å². The Balaban J connectivity index is 1.45. The molecule has 3 N–H and O–H groups in total. The Morgan fingerprint density at radius 3 is 2.85 bits per heavy atom. The molecule has 0 aliphatic carbocycles. The third kappa shape index (κ3) is 6.42. The molecular weight excluding hydrogens is 462 g/mol. The zero-order valence-corrected chi connectivity index (χ0v) is 19.1. The molecule has 9 heteroatoms. The van der Waals surface area contributed by atoms with E-state index in [2.05, 4.69) is 25.7 Å². The van der Waals surface area contributed by atoms with Gasteiger partial charge in [-0.15, -0.1) is 0 Å². The number of benzene rings is 2. The Labute approximate surface area is 201 Å². The van der Waals surface area contributed by atoms with Crippen LogP contribution in [0.3, 0.4) is 0 Å². The van der Waals surface area contributed by atoms with Crippen LogP contribution in [0.25, 0.3) is 11.1 Å². The van der Waals surface area contributed by atoms with Crippen molar-refractivity contribution in [1.29, 1.82) is 0 Å². The van der Waals surface area contributed by atoms with Gasteiger partial charge < -0.3 is 20.7 Å². The van der Waals surface area contributed by atoms with Crippen molar-refractivity contribution in [2.45, 2.75) is 26.0 Å². The van der Waals surface area contributed by atoms with Gasteiger partial charge in [0, 0.05) is 30.5 Å². The molecule has 1 aliphatic heterocycles. The molecule has 0 radical (unpaired) electrons. The molecule has 1 atom stereocenters. The second-order valence-corrected chi connectivity index (χ2v) is 8.45. The summed E-state index contributed by atoms with van der Waals surface area (Å²) in [6, 6.07) is 15.9. The number of hydrogen-bond donors (Lipinski definition) is 3. The number of piperidine rings is 1. The Bertz CT molecular complexity index is 1140. The van der Waals surface area contributed by atoms with Gasteiger partial charge in [0.25, 0.3) is 0 Å². The van der Waals surface area contributed by atoms with Crippen LogP contribution in [-0.4, -0.2) is 30.6 Å². The summed E-state index contributed by atoms with van der Waals surface area (Å²) >= 11 is 6.42. The van der Waals surface area contributed by atoms with Crippen LogP contribution in [0.2, 0.25) is 5.02 Å². The number of nitrogens with zero attached hydrogens (tertiary/aromatic N) is 1. The lowest BCUT2D eigenvalue weighted by Gasteiger charge is -2.21. The summed E-state index contributed by atoms with van der Waals surface area (Å²) in [5, 5.41) is 9.89. The van der Waals surface area contributed by atoms with E-state index in [1.54, 1.807) is 18.2 Å². The number of pyridine rings is 1. The van der Waals surface area contributed by atoms with Crippen LogP contribution < -0.4 is 20.7 Å². The van der Waals surface area contributed by atoms with Crippen LogP contribution >= 0.6 is 11.6 Å². The average molecular weight is 487 g/mol. The van der Waals surface area contributed by atoms with Crippen molar-refractivity contribution in [3.8, 4) is 16.9 Å². The molecule has 2 aromatic carbocycles. The van der Waals surface area contributed by atoms with Gasteiger partial charge in [-0.2, -0.15) is 8.78 Å². The second kappa shape index (κ2) is 11.3. The van der Waals surface area contributed by atoms with E-state index in [4.69, 9.17) is 11.6 Å². The zero-order valence-electron chi connectivity index (χ0n) is 18.4. The van der Waals surface area contributed by atoms with E-state index >= 15 is 0 Å². The maximum Gasteiger partial charge on any atom is 0.387 e. The smallest absolute Gasteiger partial charge is 0.387 e. The minimum atomic E-state index is -2.86. The normalized spacial score (nSPS) is 15.7. The molecule has 0 spiro atoms. The molecule has 0 saturated carbocycles. The Morgan fingerprint density at radius 2 is 2.06 bits per heavy atom. The van der Waals surface area contributed by atoms with Crippen LogP contribution in [0.5, 0.6) is 5.75 Å². The van der Waals surface area contributed by atoms with Crippen molar-refractivity contribution >= 4 is 29.0 Å².